The van der Waals surface area contributed by atoms with E-state index < -0.39 is 0 Å². The van der Waals surface area contributed by atoms with Crippen molar-refractivity contribution in [3.8, 4) is 0 Å². The van der Waals surface area contributed by atoms with Crippen LogP contribution >= 0.6 is 11.8 Å². The van der Waals surface area contributed by atoms with Gasteiger partial charge in [0, 0.05) is 29.3 Å². The van der Waals surface area contributed by atoms with Gasteiger partial charge < -0.3 is 4.90 Å². The summed E-state index contributed by atoms with van der Waals surface area (Å²) in [6.45, 7) is 2.91. The molecule has 2 aromatic carbocycles. The lowest BCUT2D eigenvalue weighted by Gasteiger charge is -2.17. The van der Waals surface area contributed by atoms with Crippen LogP contribution in [0.3, 0.4) is 0 Å². The fourth-order valence-corrected chi connectivity index (χ4v) is 3.46. The SMILES string of the molecule is Cc1ccc(SCCC(=O)N2CCc3ccccc32)cc1. The number of amides is 1. The van der Waals surface area contributed by atoms with Gasteiger partial charge in [0.05, 0.1) is 0 Å². The normalized spacial score (nSPS) is 13.3. The van der Waals surface area contributed by atoms with Crippen molar-refractivity contribution >= 4 is 23.4 Å². The molecule has 0 spiro atoms. The van der Waals surface area contributed by atoms with E-state index in [9.17, 15) is 4.79 Å². The molecule has 0 aliphatic carbocycles. The number of carbonyl (C=O) groups is 1. The number of thioether (sulfide) groups is 1. The zero-order chi connectivity index (χ0) is 14.7. The molecule has 1 amide bonds. The van der Waals surface area contributed by atoms with Crippen LogP contribution in [0.15, 0.2) is 53.4 Å². The minimum absolute atomic E-state index is 0.236. The summed E-state index contributed by atoms with van der Waals surface area (Å²) in [5.74, 6) is 1.07. The highest BCUT2D eigenvalue weighted by molar-refractivity contribution is 7.99. The molecule has 21 heavy (non-hydrogen) atoms. The second-order valence-corrected chi connectivity index (χ2v) is 6.50. The third-order valence-electron chi connectivity index (χ3n) is 3.79. The third kappa shape index (κ3) is 3.30. The first-order valence-corrected chi connectivity index (χ1v) is 8.30. The van der Waals surface area contributed by atoms with Gasteiger partial charge in [0.2, 0.25) is 5.91 Å². The van der Waals surface area contributed by atoms with E-state index in [1.165, 1.54) is 16.0 Å². The number of rotatable bonds is 4. The summed E-state index contributed by atoms with van der Waals surface area (Å²) in [7, 11) is 0. The van der Waals surface area contributed by atoms with Crippen molar-refractivity contribution in [1.82, 2.24) is 0 Å². The maximum Gasteiger partial charge on any atom is 0.227 e. The van der Waals surface area contributed by atoms with Gasteiger partial charge in [-0.15, -0.1) is 11.8 Å². The molecule has 0 atom stereocenters. The van der Waals surface area contributed by atoms with Crippen molar-refractivity contribution < 1.29 is 4.79 Å². The summed E-state index contributed by atoms with van der Waals surface area (Å²) in [6, 6.07) is 16.7. The minimum atomic E-state index is 0.236. The zero-order valence-electron chi connectivity index (χ0n) is 12.2. The van der Waals surface area contributed by atoms with Gasteiger partial charge >= 0.3 is 0 Å². The Morgan fingerprint density at radius 1 is 1.14 bits per heavy atom. The predicted octanol–water partition coefficient (Wildman–Crippen LogP) is 4.07. The van der Waals surface area contributed by atoms with E-state index in [2.05, 4.69) is 37.3 Å². The molecule has 0 radical (unpaired) electrons. The van der Waals surface area contributed by atoms with E-state index in [1.54, 1.807) is 11.8 Å². The Kier molecular flexibility index (Phi) is 4.30. The molecule has 3 heteroatoms. The Hall–Kier alpha value is -1.74. The van der Waals surface area contributed by atoms with E-state index in [0.717, 1.165) is 24.4 Å². The van der Waals surface area contributed by atoms with Gasteiger partial charge in [0.25, 0.3) is 0 Å². The number of nitrogens with zero attached hydrogens (tertiary/aromatic N) is 1. The van der Waals surface area contributed by atoms with Gasteiger partial charge in [-0.2, -0.15) is 0 Å². The first kappa shape index (κ1) is 14.2. The van der Waals surface area contributed by atoms with Crippen LogP contribution in [0.4, 0.5) is 5.69 Å². The molecule has 1 aliphatic heterocycles. The standard InChI is InChI=1S/C18H19NOS/c1-14-6-8-16(9-7-14)21-13-11-18(20)19-12-10-15-4-2-3-5-17(15)19/h2-9H,10-13H2,1H3. The first-order valence-electron chi connectivity index (χ1n) is 7.32. The number of para-hydroxylation sites is 1. The zero-order valence-corrected chi connectivity index (χ0v) is 13.0. The van der Waals surface area contributed by atoms with E-state index in [4.69, 9.17) is 0 Å². The van der Waals surface area contributed by atoms with Gasteiger partial charge in [-0.1, -0.05) is 35.9 Å². The minimum Gasteiger partial charge on any atom is -0.312 e. The first-order chi connectivity index (χ1) is 10.2. The molecule has 1 heterocycles. The molecule has 0 N–H and O–H groups in total. The fraction of sp³-hybridized carbons (Fsp3) is 0.278. The van der Waals surface area contributed by atoms with Crippen LogP contribution in [-0.2, 0) is 11.2 Å². The fourth-order valence-electron chi connectivity index (χ4n) is 2.62. The van der Waals surface area contributed by atoms with Crippen LogP contribution in [0.1, 0.15) is 17.5 Å². The smallest absolute Gasteiger partial charge is 0.227 e. The highest BCUT2D eigenvalue weighted by atomic mass is 32.2. The van der Waals surface area contributed by atoms with Crippen molar-refractivity contribution in [3.05, 3.63) is 59.7 Å². The third-order valence-corrected chi connectivity index (χ3v) is 4.81. The summed E-state index contributed by atoms with van der Waals surface area (Å²) >= 11 is 1.75. The summed E-state index contributed by atoms with van der Waals surface area (Å²) in [5.41, 5.74) is 3.66. The van der Waals surface area contributed by atoms with Crippen molar-refractivity contribution in [2.75, 3.05) is 17.2 Å². The van der Waals surface area contributed by atoms with Gasteiger partial charge in [-0.05, 0) is 37.1 Å². The Morgan fingerprint density at radius 2 is 1.90 bits per heavy atom. The summed E-state index contributed by atoms with van der Waals surface area (Å²) in [6.07, 6.45) is 1.57. The monoisotopic (exact) mass is 297 g/mol. The Balaban J connectivity index is 1.54. The van der Waals surface area contributed by atoms with Crippen LogP contribution in [0.2, 0.25) is 0 Å². The maximum atomic E-state index is 12.4. The number of hydrogen-bond acceptors (Lipinski definition) is 2. The highest BCUT2D eigenvalue weighted by Gasteiger charge is 2.23. The number of anilines is 1. The van der Waals surface area contributed by atoms with E-state index in [-0.39, 0.29) is 5.91 Å². The molecule has 0 bridgehead atoms. The molecule has 0 unspecified atom stereocenters. The second kappa shape index (κ2) is 6.35. The van der Waals surface area contributed by atoms with Crippen LogP contribution in [-0.4, -0.2) is 18.2 Å². The Labute approximate surface area is 130 Å². The molecule has 3 rings (SSSR count). The van der Waals surface area contributed by atoms with Crippen LogP contribution in [0.25, 0.3) is 0 Å². The van der Waals surface area contributed by atoms with Gasteiger partial charge in [0.15, 0.2) is 0 Å². The maximum absolute atomic E-state index is 12.4. The second-order valence-electron chi connectivity index (χ2n) is 5.34. The molecule has 108 valence electrons. The molecular weight excluding hydrogens is 278 g/mol. The average Bonchev–Trinajstić information content (AvgIpc) is 2.93. The van der Waals surface area contributed by atoms with Crippen LogP contribution in [0.5, 0.6) is 0 Å². The van der Waals surface area contributed by atoms with Gasteiger partial charge in [-0.3, -0.25) is 4.79 Å². The summed E-state index contributed by atoms with van der Waals surface area (Å²) in [4.78, 5) is 15.5. The molecule has 2 aromatic rings. The van der Waals surface area contributed by atoms with Crippen molar-refractivity contribution in [2.45, 2.75) is 24.7 Å². The Bertz CT molecular complexity index is 636. The Morgan fingerprint density at radius 3 is 2.71 bits per heavy atom. The number of benzene rings is 2. The van der Waals surface area contributed by atoms with Gasteiger partial charge in [-0.25, -0.2) is 0 Å². The molecule has 2 nitrogen and oxygen atoms in total. The van der Waals surface area contributed by atoms with Crippen molar-refractivity contribution in [3.63, 3.8) is 0 Å². The van der Waals surface area contributed by atoms with E-state index in [1.807, 2.05) is 23.1 Å². The summed E-state index contributed by atoms with van der Waals surface area (Å²) < 4.78 is 0. The quantitative estimate of drug-likeness (QED) is 0.793. The number of carbonyl (C=O) groups excluding carboxylic acids is 1. The number of aryl methyl sites for hydroxylation is 1. The number of fused-ring (bicyclic) bond motifs is 1. The van der Waals surface area contributed by atoms with Crippen LogP contribution in [0, 0.1) is 6.92 Å². The molecular formula is C18H19NOS. The largest absolute Gasteiger partial charge is 0.312 e. The topological polar surface area (TPSA) is 20.3 Å². The van der Waals surface area contributed by atoms with E-state index >= 15 is 0 Å². The molecule has 1 aliphatic rings. The lowest BCUT2D eigenvalue weighted by Crippen LogP contribution is -2.29. The lowest BCUT2D eigenvalue weighted by atomic mass is 10.2. The van der Waals surface area contributed by atoms with E-state index in [0.29, 0.717) is 6.42 Å². The molecule has 0 saturated carbocycles. The predicted molar refractivity (Wildman–Crippen MR) is 89.0 cm³/mol. The molecule has 0 saturated heterocycles. The summed E-state index contributed by atoms with van der Waals surface area (Å²) in [5, 5.41) is 0. The van der Waals surface area contributed by atoms with Crippen molar-refractivity contribution in [1.29, 1.82) is 0 Å². The average molecular weight is 297 g/mol. The lowest BCUT2D eigenvalue weighted by molar-refractivity contribution is -0.118. The molecule has 0 fully saturated rings. The van der Waals surface area contributed by atoms with Crippen LogP contribution < -0.4 is 4.90 Å². The number of hydrogen-bond donors (Lipinski definition) is 0. The van der Waals surface area contributed by atoms with Gasteiger partial charge in [0.1, 0.15) is 0 Å². The van der Waals surface area contributed by atoms with Crippen molar-refractivity contribution in [2.24, 2.45) is 0 Å². The highest BCUT2D eigenvalue weighted by Crippen LogP contribution is 2.28. The molecule has 0 aromatic heterocycles.